The van der Waals surface area contributed by atoms with Crippen molar-refractivity contribution in [1.82, 2.24) is 20.0 Å². The molecule has 20 heavy (non-hydrogen) atoms. The van der Waals surface area contributed by atoms with Crippen LogP contribution in [0.2, 0.25) is 0 Å². The maximum Gasteiger partial charge on any atom is 0.257 e. The third kappa shape index (κ3) is 3.73. The van der Waals surface area contributed by atoms with Crippen molar-refractivity contribution in [2.75, 3.05) is 26.2 Å². The Balaban J connectivity index is 0.00000200. The number of aryl methyl sites for hydroxylation is 1. The molecule has 1 amide bonds. The number of nitrogens with zero attached hydrogens (tertiary/aromatic N) is 3. The van der Waals surface area contributed by atoms with Crippen LogP contribution < -0.4 is 5.32 Å². The summed E-state index contributed by atoms with van der Waals surface area (Å²) < 4.78 is 1.76. The lowest BCUT2D eigenvalue weighted by atomic mass is 9.96. The second kappa shape index (κ2) is 7.64. The first kappa shape index (κ1) is 17.0. The number of aromatic nitrogens is 2. The molecule has 1 aromatic heterocycles. The van der Waals surface area contributed by atoms with Crippen molar-refractivity contribution in [3.63, 3.8) is 0 Å². The van der Waals surface area contributed by atoms with Gasteiger partial charge in [-0.05, 0) is 38.8 Å². The second-order valence-electron chi connectivity index (χ2n) is 5.31. The molecule has 1 N–H and O–H groups in total. The van der Waals surface area contributed by atoms with Crippen molar-refractivity contribution in [1.29, 1.82) is 0 Å². The maximum absolute atomic E-state index is 12.4. The molecule has 1 aliphatic heterocycles. The monoisotopic (exact) mass is 300 g/mol. The molecule has 0 spiro atoms. The SMILES string of the molecule is CCNCC1CCN(C(=O)c2cnn(C)c2C)CC1.Cl. The summed E-state index contributed by atoms with van der Waals surface area (Å²) in [6, 6.07) is 0. The zero-order valence-electron chi connectivity index (χ0n) is 12.6. The molecule has 1 aromatic rings. The Morgan fingerprint density at radius 3 is 2.60 bits per heavy atom. The smallest absolute Gasteiger partial charge is 0.257 e. The first-order valence-electron chi connectivity index (χ1n) is 7.12. The van der Waals surface area contributed by atoms with Gasteiger partial charge in [-0.25, -0.2) is 0 Å². The fourth-order valence-electron chi connectivity index (χ4n) is 2.57. The molecule has 1 fully saturated rings. The maximum atomic E-state index is 12.4. The number of amides is 1. The first-order valence-corrected chi connectivity index (χ1v) is 7.12. The van der Waals surface area contributed by atoms with Crippen LogP contribution in [0.4, 0.5) is 0 Å². The van der Waals surface area contributed by atoms with Crippen LogP contribution in [0.5, 0.6) is 0 Å². The van der Waals surface area contributed by atoms with Gasteiger partial charge in [-0.15, -0.1) is 12.4 Å². The van der Waals surface area contributed by atoms with E-state index in [2.05, 4.69) is 17.3 Å². The van der Waals surface area contributed by atoms with E-state index in [1.165, 1.54) is 0 Å². The van der Waals surface area contributed by atoms with Crippen LogP contribution in [0.1, 0.15) is 35.8 Å². The molecule has 6 heteroatoms. The molecular weight excluding hydrogens is 276 g/mol. The summed E-state index contributed by atoms with van der Waals surface area (Å²) in [5, 5.41) is 7.54. The number of hydrogen-bond acceptors (Lipinski definition) is 3. The van der Waals surface area contributed by atoms with Gasteiger partial charge >= 0.3 is 0 Å². The molecule has 5 nitrogen and oxygen atoms in total. The van der Waals surface area contributed by atoms with Gasteiger partial charge in [0.2, 0.25) is 0 Å². The van der Waals surface area contributed by atoms with E-state index in [0.717, 1.165) is 50.3 Å². The minimum absolute atomic E-state index is 0. The Morgan fingerprint density at radius 1 is 1.45 bits per heavy atom. The predicted molar refractivity (Wildman–Crippen MR) is 82.4 cm³/mol. The molecule has 0 aliphatic carbocycles. The Morgan fingerprint density at radius 2 is 2.10 bits per heavy atom. The third-order valence-electron chi connectivity index (χ3n) is 4.05. The van der Waals surface area contributed by atoms with Crippen LogP contribution in [0.15, 0.2) is 6.20 Å². The second-order valence-corrected chi connectivity index (χ2v) is 5.31. The lowest BCUT2D eigenvalue weighted by Gasteiger charge is -2.32. The van der Waals surface area contributed by atoms with Crippen LogP contribution in [-0.4, -0.2) is 46.8 Å². The van der Waals surface area contributed by atoms with Crippen LogP contribution in [0.25, 0.3) is 0 Å². The summed E-state index contributed by atoms with van der Waals surface area (Å²) in [4.78, 5) is 14.4. The first-order chi connectivity index (χ1) is 9.13. The molecule has 0 bridgehead atoms. The Labute approximate surface area is 127 Å². The Hall–Kier alpha value is -1.07. The van der Waals surface area contributed by atoms with E-state index < -0.39 is 0 Å². The highest BCUT2D eigenvalue weighted by atomic mass is 35.5. The molecule has 2 heterocycles. The molecule has 2 rings (SSSR count). The highest BCUT2D eigenvalue weighted by Gasteiger charge is 2.25. The number of hydrogen-bond donors (Lipinski definition) is 1. The average Bonchev–Trinajstić information content (AvgIpc) is 2.76. The Bertz CT molecular complexity index is 438. The molecular formula is C14H25ClN4O. The van der Waals surface area contributed by atoms with Crippen molar-refractivity contribution in [2.45, 2.75) is 26.7 Å². The molecule has 1 aliphatic rings. The summed E-state index contributed by atoms with van der Waals surface area (Å²) in [5.41, 5.74) is 1.69. The summed E-state index contributed by atoms with van der Waals surface area (Å²) in [6.07, 6.45) is 3.87. The lowest BCUT2D eigenvalue weighted by Crippen LogP contribution is -2.40. The molecule has 0 saturated carbocycles. The van der Waals surface area contributed by atoms with E-state index in [1.807, 2.05) is 18.9 Å². The number of piperidine rings is 1. The van der Waals surface area contributed by atoms with Crippen LogP contribution in [-0.2, 0) is 7.05 Å². The van der Waals surface area contributed by atoms with Crippen molar-refractivity contribution in [3.8, 4) is 0 Å². The normalized spacial score (nSPS) is 16.1. The van der Waals surface area contributed by atoms with Gasteiger partial charge < -0.3 is 10.2 Å². The molecule has 0 atom stereocenters. The summed E-state index contributed by atoms with van der Waals surface area (Å²) in [7, 11) is 1.87. The van der Waals surface area contributed by atoms with Crippen molar-refractivity contribution in [3.05, 3.63) is 17.5 Å². The third-order valence-corrected chi connectivity index (χ3v) is 4.05. The van der Waals surface area contributed by atoms with Gasteiger partial charge in [-0.1, -0.05) is 6.92 Å². The fourth-order valence-corrected chi connectivity index (χ4v) is 2.57. The van der Waals surface area contributed by atoms with Gasteiger partial charge in [0.25, 0.3) is 5.91 Å². The fraction of sp³-hybridized carbons (Fsp3) is 0.714. The van der Waals surface area contributed by atoms with Crippen LogP contribution in [0, 0.1) is 12.8 Å². The topological polar surface area (TPSA) is 50.2 Å². The van der Waals surface area contributed by atoms with E-state index >= 15 is 0 Å². The van der Waals surface area contributed by atoms with E-state index in [-0.39, 0.29) is 18.3 Å². The number of rotatable bonds is 4. The van der Waals surface area contributed by atoms with Crippen molar-refractivity contribution < 1.29 is 4.79 Å². The van der Waals surface area contributed by atoms with E-state index in [0.29, 0.717) is 5.92 Å². The van der Waals surface area contributed by atoms with Gasteiger partial charge in [0.05, 0.1) is 11.8 Å². The van der Waals surface area contributed by atoms with E-state index in [1.54, 1.807) is 10.9 Å². The quantitative estimate of drug-likeness (QED) is 0.919. The summed E-state index contributed by atoms with van der Waals surface area (Å²) >= 11 is 0. The molecule has 0 aromatic carbocycles. The average molecular weight is 301 g/mol. The van der Waals surface area contributed by atoms with Gasteiger partial charge in [0, 0.05) is 25.8 Å². The number of carbonyl (C=O) groups excluding carboxylic acids is 1. The largest absolute Gasteiger partial charge is 0.339 e. The molecule has 1 saturated heterocycles. The van der Waals surface area contributed by atoms with Crippen molar-refractivity contribution >= 4 is 18.3 Å². The van der Waals surface area contributed by atoms with Crippen LogP contribution >= 0.6 is 12.4 Å². The highest BCUT2D eigenvalue weighted by molar-refractivity contribution is 5.95. The predicted octanol–water partition coefficient (Wildman–Crippen LogP) is 1.61. The van der Waals surface area contributed by atoms with Crippen molar-refractivity contribution in [2.24, 2.45) is 13.0 Å². The number of halogens is 1. The van der Waals surface area contributed by atoms with Crippen LogP contribution in [0.3, 0.4) is 0 Å². The summed E-state index contributed by atoms with van der Waals surface area (Å²) in [6.45, 7) is 7.90. The zero-order valence-corrected chi connectivity index (χ0v) is 13.4. The van der Waals surface area contributed by atoms with Gasteiger partial charge in [-0.3, -0.25) is 9.48 Å². The Kier molecular flexibility index (Phi) is 6.49. The number of nitrogens with one attached hydrogen (secondary N) is 1. The molecule has 114 valence electrons. The summed E-state index contributed by atoms with van der Waals surface area (Å²) in [5.74, 6) is 0.839. The van der Waals surface area contributed by atoms with Gasteiger partial charge in [0.1, 0.15) is 0 Å². The molecule has 0 radical (unpaired) electrons. The van der Waals surface area contributed by atoms with Gasteiger partial charge in [-0.2, -0.15) is 5.10 Å². The number of likely N-dealkylation sites (tertiary alicyclic amines) is 1. The highest BCUT2D eigenvalue weighted by Crippen LogP contribution is 2.19. The van der Waals surface area contributed by atoms with E-state index in [9.17, 15) is 4.79 Å². The van der Waals surface area contributed by atoms with E-state index in [4.69, 9.17) is 0 Å². The minimum atomic E-state index is 0. The zero-order chi connectivity index (χ0) is 13.8. The minimum Gasteiger partial charge on any atom is -0.339 e. The van der Waals surface area contributed by atoms with Gasteiger partial charge in [0.15, 0.2) is 0 Å². The molecule has 0 unspecified atom stereocenters. The standard InChI is InChI=1S/C14H24N4O.ClH/c1-4-15-9-12-5-7-18(8-6-12)14(19)13-10-16-17(3)11(13)2;/h10,12,15H,4-9H2,1-3H3;1H. The lowest BCUT2D eigenvalue weighted by molar-refractivity contribution is 0.0689. The number of carbonyl (C=O) groups is 1.